The number of hydrogen-bond donors (Lipinski definition) is 3. The number of methoxy groups -OCH3 is 1. The molecule has 7 aliphatic rings. The number of amides is 1. The topological polar surface area (TPSA) is 118 Å². The molecule has 3 N–H and O–H groups in total. The van der Waals surface area contributed by atoms with Gasteiger partial charge in [-0.25, -0.2) is 9.59 Å². The fourth-order valence-corrected chi connectivity index (χ4v) is 10.4. The van der Waals surface area contributed by atoms with Crippen molar-refractivity contribution in [2.75, 3.05) is 25.5 Å². The summed E-state index contributed by atoms with van der Waals surface area (Å²) in [6.07, 6.45) is 6.63. The SMILES string of the molecule is COc1cc(NC(=O)Oc2ccc3c4c2O[C@H]2[C@]5(C)CC[C@@]6(C[C@@H]5C(C)O)[C@@H](C3)N(CC3CC3)CC[C@]426)ccc1C(=O)O. The number of carboxylic acids is 1. The highest BCUT2D eigenvalue weighted by Crippen LogP contribution is 2.78. The van der Waals surface area contributed by atoms with Gasteiger partial charge in [0.25, 0.3) is 0 Å². The Morgan fingerprint density at radius 2 is 1.98 bits per heavy atom. The number of rotatable bonds is 7. The maximum absolute atomic E-state index is 13.2. The number of carbonyl (C=O) groups excluding carboxylic acids is 1. The average molecular weight is 589 g/mol. The van der Waals surface area contributed by atoms with Crippen LogP contribution in [0.4, 0.5) is 10.5 Å². The quantitative estimate of drug-likeness (QED) is 0.403. The van der Waals surface area contributed by atoms with Gasteiger partial charge in [-0.15, -0.1) is 0 Å². The van der Waals surface area contributed by atoms with Crippen molar-refractivity contribution in [3.05, 3.63) is 47.0 Å². The van der Waals surface area contributed by atoms with Crippen molar-refractivity contribution < 1.29 is 34.0 Å². The number of nitrogens with one attached hydrogen (secondary N) is 1. The number of aromatic carboxylic acids is 1. The number of nitrogens with zero attached hydrogens (tertiary/aromatic N) is 1. The summed E-state index contributed by atoms with van der Waals surface area (Å²) in [6, 6.07) is 8.80. The van der Waals surface area contributed by atoms with Gasteiger partial charge in [-0.2, -0.15) is 0 Å². The summed E-state index contributed by atoms with van der Waals surface area (Å²) >= 11 is 0. The Bertz CT molecular complexity index is 1540. The van der Waals surface area contributed by atoms with Gasteiger partial charge in [0.15, 0.2) is 11.5 Å². The molecule has 2 aromatic rings. The van der Waals surface area contributed by atoms with Crippen molar-refractivity contribution in [2.45, 2.75) is 82.5 Å². The van der Waals surface area contributed by atoms with Crippen LogP contribution >= 0.6 is 0 Å². The predicted molar refractivity (Wildman–Crippen MR) is 158 cm³/mol. The Morgan fingerprint density at radius 1 is 1.16 bits per heavy atom. The molecular weight excluding hydrogens is 548 g/mol. The van der Waals surface area contributed by atoms with Gasteiger partial charge in [0, 0.05) is 46.1 Å². The zero-order valence-electron chi connectivity index (χ0n) is 25.0. The number of benzene rings is 2. The average Bonchev–Trinajstić information content (AvgIpc) is 3.72. The Morgan fingerprint density at radius 3 is 2.70 bits per heavy atom. The predicted octanol–water partition coefficient (Wildman–Crippen LogP) is 5.23. The third-order valence-electron chi connectivity index (χ3n) is 12.3. The number of carboxylic acid groups (broad SMARTS) is 1. The molecule has 5 fully saturated rings. The van der Waals surface area contributed by atoms with Crippen LogP contribution in [-0.2, 0) is 11.8 Å². The summed E-state index contributed by atoms with van der Waals surface area (Å²) in [5.74, 6) is 1.09. The second kappa shape index (κ2) is 9.11. The van der Waals surface area contributed by atoms with Gasteiger partial charge in [0.1, 0.15) is 17.4 Å². The Kier molecular flexibility index (Phi) is 5.78. The van der Waals surface area contributed by atoms with Crippen LogP contribution in [0.1, 0.15) is 73.9 Å². The molecule has 0 aromatic heterocycles. The lowest BCUT2D eigenvalue weighted by atomic mass is 9.32. The van der Waals surface area contributed by atoms with E-state index in [4.69, 9.17) is 14.2 Å². The number of anilines is 1. The minimum absolute atomic E-state index is 0.00795. The second-order valence-corrected chi connectivity index (χ2v) is 14.3. The summed E-state index contributed by atoms with van der Waals surface area (Å²) in [5.41, 5.74) is 2.60. The standard InChI is InChI=1S/C34H40N2O7/c1-18(37)23-16-33-11-10-32(23,2)30-34(33)12-13-36(17-19-4-5-19)26(33)14-20-6-9-24(28(43-30)27(20)34)42-31(40)35-21-7-8-22(29(38)39)25(15-21)41-3/h6-9,15,18-19,23,26,30,37H,4-5,10-14,16-17H2,1-3H3,(H,35,40)(H,38,39)/t18?,23-,26-,30+,32-,33-,34+/m1/s1. The number of fused-ring (bicyclic) bond motifs is 2. The zero-order chi connectivity index (χ0) is 29.9. The molecule has 2 aromatic carbocycles. The van der Waals surface area contributed by atoms with E-state index in [2.05, 4.69) is 23.2 Å². The van der Waals surface area contributed by atoms with Crippen LogP contribution in [0.5, 0.6) is 17.2 Å². The number of likely N-dealkylation sites (tertiary alicyclic amines) is 1. The highest BCUT2D eigenvalue weighted by atomic mass is 16.6. The first-order valence-corrected chi connectivity index (χ1v) is 15.8. The summed E-state index contributed by atoms with van der Waals surface area (Å²) in [7, 11) is 1.39. The van der Waals surface area contributed by atoms with E-state index in [1.165, 1.54) is 55.8 Å². The molecule has 1 saturated heterocycles. The zero-order valence-corrected chi connectivity index (χ0v) is 25.0. The first-order valence-electron chi connectivity index (χ1n) is 15.8. The third kappa shape index (κ3) is 3.58. The van der Waals surface area contributed by atoms with Crippen LogP contribution in [0.2, 0.25) is 0 Å². The number of ether oxygens (including phenoxy) is 3. The molecule has 7 atom stereocenters. The fraction of sp³-hybridized carbons (Fsp3) is 0.588. The Labute approximate surface area is 251 Å². The van der Waals surface area contributed by atoms with Gasteiger partial charge >= 0.3 is 12.1 Å². The summed E-state index contributed by atoms with van der Waals surface area (Å²) in [4.78, 5) is 27.5. The molecule has 2 aliphatic heterocycles. The number of hydrogen-bond acceptors (Lipinski definition) is 7. The molecule has 1 amide bonds. The summed E-state index contributed by atoms with van der Waals surface area (Å²) in [6.45, 7) is 6.49. The molecule has 5 aliphatic carbocycles. The lowest BCUT2D eigenvalue weighted by Gasteiger charge is -2.74. The van der Waals surface area contributed by atoms with Gasteiger partial charge in [-0.3, -0.25) is 10.2 Å². The second-order valence-electron chi connectivity index (χ2n) is 14.3. The van der Waals surface area contributed by atoms with E-state index >= 15 is 0 Å². The van der Waals surface area contributed by atoms with E-state index in [-0.39, 0.29) is 39.6 Å². The van der Waals surface area contributed by atoms with Gasteiger partial charge in [0.05, 0.1) is 13.2 Å². The molecule has 9 rings (SSSR count). The van der Waals surface area contributed by atoms with E-state index in [1.54, 1.807) is 0 Å². The van der Waals surface area contributed by atoms with Gasteiger partial charge in [-0.05, 0) is 94.0 Å². The van der Waals surface area contributed by atoms with Gasteiger partial charge in [-0.1, -0.05) is 13.0 Å². The van der Waals surface area contributed by atoms with Crippen LogP contribution in [0, 0.1) is 22.7 Å². The summed E-state index contributed by atoms with van der Waals surface area (Å²) in [5, 5.41) is 23.2. The van der Waals surface area contributed by atoms with E-state index in [1.807, 2.05) is 13.0 Å². The molecule has 1 unspecified atom stereocenters. The molecule has 0 radical (unpaired) electrons. The van der Waals surface area contributed by atoms with Crippen LogP contribution < -0.4 is 19.5 Å². The molecule has 2 spiro atoms. The minimum atomic E-state index is -1.11. The molecule has 4 bridgehead atoms. The number of aliphatic hydroxyl groups excluding tert-OH is 1. The molecule has 2 heterocycles. The lowest BCUT2D eigenvalue weighted by molar-refractivity contribution is -0.247. The van der Waals surface area contributed by atoms with Crippen LogP contribution in [-0.4, -0.2) is 65.6 Å². The van der Waals surface area contributed by atoms with E-state index in [0.29, 0.717) is 23.2 Å². The minimum Gasteiger partial charge on any atom is -0.496 e. The molecule has 228 valence electrons. The monoisotopic (exact) mass is 588 g/mol. The summed E-state index contributed by atoms with van der Waals surface area (Å²) < 4.78 is 18.2. The number of piperidine rings is 1. The smallest absolute Gasteiger partial charge is 0.417 e. The van der Waals surface area contributed by atoms with Crippen molar-refractivity contribution >= 4 is 17.7 Å². The highest BCUT2D eigenvalue weighted by molar-refractivity contribution is 5.93. The maximum atomic E-state index is 13.2. The highest BCUT2D eigenvalue weighted by Gasteiger charge is 2.79. The molecule has 9 nitrogen and oxygen atoms in total. The van der Waals surface area contributed by atoms with Crippen molar-refractivity contribution in [2.24, 2.45) is 22.7 Å². The van der Waals surface area contributed by atoms with Gasteiger partial charge in [0.2, 0.25) is 0 Å². The fourth-order valence-electron chi connectivity index (χ4n) is 10.4. The molecule has 9 heteroatoms. The van der Waals surface area contributed by atoms with Crippen molar-refractivity contribution in [1.82, 2.24) is 4.90 Å². The van der Waals surface area contributed by atoms with Crippen LogP contribution in [0.3, 0.4) is 0 Å². The third-order valence-corrected chi connectivity index (χ3v) is 12.3. The lowest BCUT2D eigenvalue weighted by Crippen LogP contribution is -2.78. The first-order chi connectivity index (χ1) is 20.6. The Hall–Kier alpha value is -3.30. The maximum Gasteiger partial charge on any atom is 0.417 e. The van der Waals surface area contributed by atoms with E-state index in [0.717, 1.165) is 44.6 Å². The van der Waals surface area contributed by atoms with Crippen molar-refractivity contribution in [3.63, 3.8) is 0 Å². The van der Waals surface area contributed by atoms with E-state index in [9.17, 15) is 19.8 Å². The van der Waals surface area contributed by atoms with Crippen LogP contribution in [0.15, 0.2) is 30.3 Å². The van der Waals surface area contributed by atoms with Gasteiger partial charge < -0.3 is 24.4 Å². The first kappa shape index (κ1) is 27.3. The van der Waals surface area contributed by atoms with E-state index < -0.39 is 18.2 Å². The number of aliphatic hydroxyl groups is 1. The Balaban J connectivity index is 1.17. The normalized spacial score (nSPS) is 35.5. The number of carbonyl (C=O) groups is 2. The van der Waals surface area contributed by atoms with Crippen molar-refractivity contribution in [1.29, 1.82) is 0 Å². The van der Waals surface area contributed by atoms with Crippen LogP contribution in [0.25, 0.3) is 0 Å². The van der Waals surface area contributed by atoms with Crippen molar-refractivity contribution in [3.8, 4) is 17.2 Å². The largest absolute Gasteiger partial charge is 0.496 e. The molecule has 4 saturated carbocycles. The molecular formula is C34H40N2O7. The molecule has 43 heavy (non-hydrogen) atoms.